The van der Waals surface area contributed by atoms with Crippen molar-refractivity contribution in [2.24, 2.45) is 5.92 Å². The third-order valence-electron chi connectivity index (χ3n) is 7.21. The number of carbonyl (C=O) groups is 2. The van der Waals surface area contributed by atoms with Crippen LogP contribution in [-0.2, 0) is 16.1 Å². The van der Waals surface area contributed by atoms with Gasteiger partial charge in [-0.3, -0.25) is 9.59 Å². The van der Waals surface area contributed by atoms with Crippen LogP contribution < -0.4 is 0 Å². The zero-order valence-corrected chi connectivity index (χ0v) is 21.1. The van der Waals surface area contributed by atoms with Crippen LogP contribution in [0.1, 0.15) is 62.4 Å². The van der Waals surface area contributed by atoms with E-state index in [0.29, 0.717) is 29.8 Å². The lowest BCUT2D eigenvalue weighted by molar-refractivity contribution is -0.145. The molecule has 1 saturated carbocycles. The largest absolute Gasteiger partial charge is 0.337 e. The van der Waals surface area contributed by atoms with Crippen molar-refractivity contribution in [1.29, 1.82) is 0 Å². The van der Waals surface area contributed by atoms with Gasteiger partial charge in [0.1, 0.15) is 12.6 Å². The number of benzene rings is 2. The molecule has 3 aromatic rings. The minimum Gasteiger partial charge on any atom is -0.337 e. The molecule has 2 heterocycles. The molecule has 8 heteroatoms. The SMILES string of the molecule is O=C(C1CCCC1)N(CC(=O)N1CCCCC1c1nc(-c2ccc(Cl)cc2)no1)Cc1ccccc1. The summed E-state index contributed by atoms with van der Waals surface area (Å²) in [5.41, 5.74) is 1.83. The fourth-order valence-corrected chi connectivity index (χ4v) is 5.40. The molecule has 0 N–H and O–H groups in total. The van der Waals surface area contributed by atoms with Crippen molar-refractivity contribution < 1.29 is 14.1 Å². The molecule has 7 nitrogen and oxygen atoms in total. The fraction of sp³-hybridized carbons (Fsp3) is 0.429. The number of hydrogen-bond donors (Lipinski definition) is 0. The number of aromatic nitrogens is 2. The van der Waals surface area contributed by atoms with E-state index in [1.54, 1.807) is 17.0 Å². The highest BCUT2D eigenvalue weighted by Gasteiger charge is 2.35. The van der Waals surface area contributed by atoms with Gasteiger partial charge in [-0.25, -0.2) is 0 Å². The first-order chi connectivity index (χ1) is 17.6. The molecular formula is C28H31ClN4O3. The highest BCUT2D eigenvalue weighted by Crippen LogP contribution is 2.32. The standard InChI is InChI=1S/C28H31ClN4O3/c29-23-15-13-21(14-16-23)26-30-27(36-31-26)24-12-6-7-17-33(24)25(34)19-32(18-20-8-2-1-3-9-20)28(35)22-10-4-5-11-22/h1-3,8-9,13-16,22,24H,4-7,10-12,17-19H2. The maximum atomic E-state index is 13.6. The third-order valence-corrected chi connectivity index (χ3v) is 7.46. The Kier molecular flexibility index (Phi) is 7.66. The first-order valence-corrected chi connectivity index (χ1v) is 13.2. The van der Waals surface area contributed by atoms with Gasteiger partial charge in [0.05, 0.1) is 0 Å². The predicted octanol–water partition coefficient (Wildman–Crippen LogP) is 5.66. The van der Waals surface area contributed by atoms with Crippen LogP contribution >= 0.6 is 11.6 Å². The molecule has 0 radical (unpaired) electrons. The fourth-order valence-electron chi connectivity index (χ4n) is 5.27. The average molecular weight is 507 g/mol. The normalized spacial score (nSPS) is 18.4. The summed E-state index contributed by atoms with van der Waals surface area (Å²) in [6.07, 6.45) is 6.59. The lowest BCUT2D eigenvalue weighted by Crippen LogP contribution is -2.47. The monoisotopic (exact) mass is 506 g/mol. The topological polar surface area (TPSA) is 79.5 Å². The van der Waals surface area contributed by atoms with Gasteiger partial charge in [-0.05, 0) is 61.9 Å². The Morgan fingerprint density at radius 3 is 2.44 bits per heavy atom. The quantitative estimate of drug-likeness (QED) is 0.413. The second-order valence-electron chi connectivity index (χ2n) is 9.72. The van der Waals surface area contributed by atoms with Crippen LogP contribution in [0, 0.1) is 5.92 Å². The van der Waals surface area contributed by atoms with Crippen molar-refractivity contribution in [2.45, 2.75) is 57.5 Å². The number of piperidine rings is 1. The zero-order chi connectivity index (χ0) is 24.9. The maximum absolute atomic E-state index is 13.6. The Hall–Kier alpha value is -3.19. The van der Waals surface area contributed by atoms with E-state index < -0.39 is 0 Å². The summed E-state index contributed by atoms with van der Waals surface area (Å²) in [4.78, 5) is 35.2. The van der Waals surface area contributed by atoms with E-state index in [9.17, 15) is 9.59 Å². The van der Waals surface area contributed by atoms with Gasteiger partial charge in [0.15, 0.2) is 0 Å². The van der Waals surface area contributed by atoms with Crippen molar-refractivity contribution in [1.82, 2.24) is 19.9 Å². The number of amides is 2. The smallest absolute Gasteiger partial charge is 0.249 e. The molecule has 1 aliphatic carbocycles. The van der Waals surface area contributed by atoms with E-state index in [4.69, 9.17) is 16.1 Å². The van der Waals surface area contributed by atoms with Crippen LogP contribution in [0.5, 0.6) is 0 Å². The summed E-state index contributed by atoms with van der Waals surface area (Å²) in [5.74, 6) is 0.928. The van der Waals surface area contributed by atoms with Gasteiger partial charge in [-0.15, -0.1) is 0 Å². The molecule has 0 bridgehead atoms. The average Bonchev–Trinajstić information content (AvgIpc) is 3.62. The van der Waals surface area contributed by atoms with Gasteiger partial charge < -0.3 is 14.3 Å². The van der Waals surface area contributed by atoms with Crippen molar-refractivity contribution in [3.05, 3.63) is 71.1 Å². The number of hydrogen-bond acceptors (Lipinski definition) is 5. The number of halogens is 1. The molecule has 1 aromatic heterocycles. The first-order valence-electron chi connectivity index (χ1n) is 12.8. The van der Waals surface area contributed by atoms with E-state index >= 15 is 0 Å². The Labute approximate surface area is 216 Å². The number of carbonyl (C=O) groups excluding carboxylic acids is 2. The first kappa shape index (κ1) is 24.5. The lowest BCUT2D eigenvalue weighted by Gasteiger charge is -2.35. The van der Waals surface area contributed by atoms with E-state index in [1.807, 2.05) is 47.4 Å². The molecule has 5 rings (SSSR count). The van der Waals surface area contributed by atoms with Gasteiger partial charge in [0.2, 0.25) is 23.5 Å². The van der Waals surface area contributed by atoms with Crippen molar-refractivity contribution in [3.8, 4) is 11.4 Å². The summed E-state index contributed by atoms with van der Waals surface area (Å²) in [7, 11) is 0. The van der Waals surface area contributed by atoms with Gasteiger partial charge in [0, 0.05) is 29.6 Å². The minimum atomic E-state index is -0.292. The van der Waals surface area contributed by atoms with E-state index in [1.165, 1.54) is 0 Å². The molecule has 1 atom stereocenters. The molecule has 1 unspecified atom stereocenters. The van der Waals surface area contributed by atoms with Crippen molar-refractivity contribution >= 4 is 23.4 Å². The molecule has 2 fully saturated rings. The number of nitrogens with zero attached hydrogens (tertiary/aromatic N) is 4. The molecule has 2 amide bonds. The van der Waals surface area contributed by atoms with E-state index in [-0.39, 0.29) is 30.3 Å². The number of rotatable bonds is 7. The molecule has 2 aromatic carbocycles. The third kappa shape index (κ3) is 5.62. The van der Waals surface area contributed by atoms with E-state index in [2.05, 4.69) is 10.1 Å². The van der Waals surface area contributed by atoms with Gasteiger partial charge in [0.25, 0.3) is 0 Å². The van der Waals surface area contributed by atoms with E-state index in [0.717, 1.165) is 56.1 Å². The van der Waals surface area contributed by atoms with Crippen molar-refractivity contribution in [3.63, 3.8) is 0 Å². The van der Waals surface area contributed by atoms with Crippen LogP contribution in [0.25, 0.3) is 11.4 Å². The summed E-state index contributed by atoms with van der Waals surface area (Å²) < 4.78 is 5.63. The molecule has 188 valence electrons. The Morgan fingerprint density at radius 2 is 1.69 bits per heavy atom. The van der Waals surface area contributed by atoms with Crippen LogP contribution in [0.2, 0.25) is 5.02 Å². The number of likely N-dealkylation sites (tertiary alicyclic amines) is 1. The predicted molar refractivity (Wildman–Crippen MR) is 137 cm³/mol. The second kappa shape index (κ2) is 11.2. The Morgan fingerprint density at radius 1 is 0.972 bits per heavy atom. The second-order valence-corrected chi connectivity index (χ2v) is 10.2. The molecule has 0 spiro atoms. The molecule has 1 aliphatic heterocycles. The summed E-state index contributed by atoms with van der Waals surface area (Å²) in [6.45, 7) is 1.10. The highest BCUT2D eigenvalue weighted by atomic mass is 35.5. The van der Waals surface area contributed by atoms with Crippen LogP contribution in [0.15, 0.2) is 59.1 Å². The molecule has 2 aliphatic rings. The maximum Gasteiger partial charge on any atom is 0.249 e. The van der Waals surface area contributed by atoms with Gasteiger partial charge in [-0.2, -0.15) is 4.98 Å². The van der Waals surface area contributed by atoms with Crippen LogP contribution in [0.3, 0.4) is 0 Å². The van der Waals surface area contributed by atoms with Crippen molar-refractivity contribution in [2.75, 3.05) is 13.1 Å². The Bertz CT molecular complexity index is 1180. The molecule has 1 saturated heterocycles. The molecule has 36 heavy (non-hydrogen) atoms. The van der Waals surface area contributed by atoms with Crippen LogP contribution in [0.4, 0.5) is 0 Å². The lowest BCUT2D eigenvalue weighted by atomic mass is 10.0. The summed E-state index contributed by atoms with van der Waals surface area (Å²) in [6, 6.07) is 16.8. The minimum absolute atomic E-state index is 0.0107. The van der Waals surface area contributed by atoms with Gasteiger partial charge in [-0.1, -0.05) is 59.9 Å². The summed E-state index contributed by atoms with van der Waals surface area (Å²) in [5, 5.41) is 4.79. The Balaban J connectivity index is 1.34. The zero-order valence-electron chi connectivity index (χ0n) is 20.3. The van der Waals surface area contributed by atoms with Crippen LogP contribution in [-0.4, -0.2) is 44.8 Å². The summed E-state index contributed by atoms with van der Waals surface area (Å²) >= 11 is 6.00. The van der Waals surface area contributed by atoms with Gasteiger partial charge >= 0.3 is 0 Å². The molecular weight excluding hydrogens is 476 g/mol. The highest BCUT2D eigenvalue weighted by molar-refractivity contribution is 6.30.